The van der Waals surface area contributed by atoms with Crippen molar-refractivity contribution in [2.75, 3.05) is 5.75 Å². The molecule has 2 aromatic carbocycles. The van der Waals surface area contributed by atoms with Crippen LogP contribution in [0.3, 0.4) is 0 Å². The van der Waals surface area contributed by atoms with E-state index < -0.39 is 0 Å². The number of thioether (sulfide) groups is 1. The van der Waals surface area contributed by atoms with E-state index in [9.17, 15) is 4.79 Å². The Balaban J connectivity index is 1.79. The van der Waals surface area contributed by atoms with Crippen LogP contribution in [0, 0.1) is 0 Å². The molecule has 3 aromatic rings. The number of hydrogen-bond donors (Lipinski definition) is 0. The van der Waals surface area contributed by atoms with Gasteiger partial charge in [0.2, 0.25) is 0 Å². The average Bonchev–Trinajstić information content (AvgIpc) is 2.53. The monoisotopic (exact) mass is 357 g/mol. The minimum atomic E-state index is 0.126. The smallest absolute Gasteiger partial charge is 0.173 e. The van der Waals surface area contributed by atoms with E-state index in [4.69, 9.17) is 0 Å². The third kappa shape index (κ3) is 3.34. The van der Waals surface area contributed by atoms with E-state index in [1.807, 2.05) is 54.6 Å². The molecule has 0 spiro atoms. The fourth-order valence-electron chi connectivity index (χ4n) is 2.10. The van der Waals surface area contributed by atoms with Gasteiger partial charge in [0.05, 0.1) is 11.3 Å². The van der Waals surface area contributed by atoms with Crippen LogP contribution in [0.25, 0.3) is 10.9 Å². The van der Waals surface area contributed by atoms with Crippen molar-refractivity contribution in [2.45, 2.75) is 4.90 Å². The summed E-state index contributed by atoms with van der Waals surface area (Å²) in [6, 6.07) is 17.5. The molecule has 0 amide bonds. The fraction of sp³-hybridized carbons (Fsp3) is 0.0588. The van der Waals surface area contributed by atoms with Crippen molar-refractivity contribution >= 4 is 44.4 Å². The number of Topliss-reactive ketones (excluding diaryl/α,β-unsaturated/α-hetero) is 1. The van der Waals surface area contributed by atoms with Crippen LogP contribution in [0.5, 0.6) is 0 Å². The summed E-state index contributed by atoms with van der Waals surface area (Å²) >= 11 is 4.96. The van der Waals surface area contributed by atoms with E-state index in [-0.39, 0.29) is 5.78 Å². The van der Waals surface area contributed by atoms with Crippen LogP contribution in [-0.4, -0.2) is 16.5 Å². The summed E-state index contributed by atoms with van der Waals surface area (Å²) in [6.07, 6.45) is 1.74. The van der Waals surface area contributed by atoms with Crippen molar-refractivity contribution in [1.82, 2.24) is 4.98 Å². The van der Waals surface area contributed by atoms with Crippen LogP contribution in [0.15, 0.2) is 70.2 Å². The summed E-state index contributed by atoms with van der Waals surface area (Å²) in [5.41, 5.74) is 1.60. The molecule has 1 aromatic heterocycles. The number of aromatic nitrogens is 1. The van der Waals surface area contributed by atoms with Gasteiger partial charge in [0.25, 0.3) is 0 Å². The first-order chi connectivity index (χ1) is 10.2. The van der Waals surface area contributed by atoms with E-state index in [0.717, 1.165) is 25.8 Å². The number of rotatable bonds is 4. The van der Waals surface area contributed by atoms with Crippen LogP contribution >= 0.6 is 27.7 Å². The quantitative estimate of drug-likeness (QED) is 0.487. The molecule has 3 rings (SSSR count). The van der Waals surface area contributed by atoms with Gasteiger partial charge in [-0.2, -0.15) is 0 Å². The van der Waals surface area contributed by atoms with Gasteiger partial charge in [-0.1, -0.05) is 34.1 Å². The number of nitrogens with zero attached hydrogens (tertiary/aromatic N) is 1. The van der Waals surface area contributed by atoms with Crippen LogP contribution < -0.4 is 0 Å². The van der Waals surface area contributed by atoms with Crippen LogP contribution in [0.1, 0.15) is 10.4 Å². The van der Waals surface area contributed by atoms with Gasteiger partial charge in [-0.3, -0.25) is 9.78 Å². The molecule has 104 valence electrons. The molecule has 1 heterocycles. The third-order valence-electron chi connectivity index (χ3n) is 3.13. The second kappa shape index (κ2) is 6.41. The van der Waals surface area contributed by atoms with Crippen molar-refractivity contribution < 1.29 is 4.79 Å². The number of benzene rings is 2. The molecule has 0 atom stereocenters. The highest BCUT2D eigenvalue weighted by Gasteiger charge is 2.10. The normalized spacial score (nSPS) is 10.7. The second-order valence-corrected chi connectivity index (χ2v) is 6.51. The maximum Gasteiger partial charge on any atom is 0.173 e. The van der Waals surface area contributed by atoms with Crippen molar-refractivity contribution in [2.24, 2.45) is 0 Å². The van der Waals surface area contributed by atoms with E-state index in [1.165, 1.54) is 0 Å². The first-order valence-electron chi connectivity index (χ1n) is 6.49. The van der Waals surface area contributed by atoms with E-state index in [0.29, 0.717) is 5.75 Å². The molecule has 0 aliphatic carbocycles. The van der Waals surface area contributed by atoms with E-state index >= 15 is 0 Å². The van der Waals surface area contributed by atoms with Gasteiger partial charge < -0.3 is 0 Å². The average molecular weight is 358 g/mol. The molecule has 0 aliphatic heterocycles. The van der Waals surface area contributed by atoms with E-state index in [2.05, 4.69) is 20.9 Å². The van der Waals surface area contributed by atoms with Gasteiger partial charge in [0.1, 0.15) is 0 Å². The van der Waals surface area contributed by atoms with Gasteiger partial charge in [-0.05, 0) is 36.4 Å². The lowest BCUT2D eigenvalue weighted by Gasteiger charge is -2.05. The lowest BCUT2D eigenvalue weighted by Crippen LogP contribution is -2.03. The summed E-state index contributed by atoms with van der Waals surface area (Å²) in [7, 11) is 0. The molecule has 0 saturated heterocycles. The van der Waals surface area contributed by atoms with Crippen LogP contribution in [0.4, 0.5) is 0 Å². The van der Waals surface area contributed by atoms with Crippen molar-refractivity contribution in [1.29, 1.82) is 0 Å². The summed E-state index contributed by atoms with van der Waals surface area (Å²) in [5.74, 6) is 0.553. The molecular weight excluding hydrogens is 346 g/mol. The van der Waals surface area contributed by atoms with Crippen molar-refractivity contribution in [3.05, 3.63) is 70.8 Å². The van der Waals surface area contributed by atoms with Gasteiger partial charge in [0.15, 0.2) is 5.78 Å². The first kappa shape index (κ1) is 14.3. The van der Waals surface area contributed by atoms with Gasteiger partial charge in [0, 0.05) is 26.5 Å². The molecule has 4 heteroatoms. The number of pyridine rings is 1. The number of ketones is 1. The summed E-state index contributed by atoms with van der Waals surface area (Å²) in [4.78, 5) is 17.8. The molecule has 21 heavy (non-hydrogen) atoms. The standard InChI is InChI=1S/C17H12BrNOS/c18-12-6-8-13(9-7-12)21-11-17(20)15-3-1-5-16-14(15)4-2-10-19-16/h1-10H,11H2. The summed E-state index contributed by atoms with van der Waals surface area (Å²) in [5, 5.41) is 0.918. The predicted octanol–water partition coefficient (Wildman–Crippen LogP) is 4.97. The zero-order valence-corrected chi connectivity index (χ0v) is 13.5. The highest BCUT2D eigenvalue weighted by molar-refractivity contribution is 9.10. The van der Waals surface area contributed by atoms with Gasteiger partial charge >= 0.3 is 0 Å². The van der Waals surface area contributed by atoms with E-state index in [1.54, 1.807) is 18.0 Å². The highest BCUT2D eigenvalue weighted by atomic mass is 79.9. The van der Waals surface area contributed by atoms with Gasteiger partial charge in [-0.15, -0.1) is 11.8 Å². The van der Waals surface area contributed by atoms with Crippen molar-refractivity contribution in [3.8, 4) is 0 Å². The maximum absolute atomic E-state index is 12.4. The Kier molecular flexibility index (Phi) is 4.36. The molecule has 0 aliphatic rings. The minimum absolute atomic E-state index is 0.126. The molecule has 2 nitrogen and oxygen atoms in total. The number of hydrogen-bond acceptors (Lipinski definition) is 3. The Hall–Kier alpha value is -1.65. The Labute approximate surface area is 135 Å². The second-order valence-electron chi connectivity index (χ2n) is 4.54. The molecule has 0 N–H and O–H groups in total. The molecule has 0 radical (unpaired) electrons. The SMILES string of the molecule is O=C(CSc1ccc(Br)cc1)c1cccc2ncccc12. The van der Waals surface area contributed by atoms with Crippen LogP contribution in [-0.2, 0) is 0 Å². The Bertz CT molecular complexity index is 781. The predicted molar refractivity (Wildman–Crippen MR) is 90.9 cm³/mol. The maximum atomic E-state index is 12.4. The molecule has 0 fully saturated rings. The minimum Gasteiger partial charge on any atom is -0.293 e. The largest absolute Gasteiger partial charge is 0.293 e. The molecule has 0 unspecified atom stereocenters. The lowest BCUT2D eigenvalue weighted by molar-refractivity contribution is 0.102. The topological polar surface area (TPSA) is 30.0 Å². The number of fused-ring (bicyclic) bond motifs is 1. The Morgan fingerprint density at radius 2 is 1.86 bits per heavy atom. The third-order valence-corrected chi connectivity index (χ3v) is 4.67. The fourth-order valence-corrected chi connectivity index (χ4v) is 3.15. The van der Waals surface area contributed by atoms with Crippen molar-refractivity contribution in [3.63, 3.8) is 0 Å². The Morgan fingerprint density at radius 1 is 1.05 bits per heavy atom. The molecule has 0 bridgehead atoms. The Morgan fingerprint density at radius 3 is 2.67 bits per heavy atom. The molecular formula is C17H12BrNOS. The van der Waals surface area contributed by atoms with Gasteiger partial charge in [-0.25, -0.2) is 0 Å². The first-order valence-corrected chi connectivity index (χ1v) is 8.27. The zero-order chi connectivity index (χ0) is 14.7. The number of halogens is 1. The zero-order valence-electron chi connectivity index (χ0n) is 11.1. The summed E-state index contributed by atoms with van der Waals surface area (Å²) in [6.45, 7) is 0. The number of carbonyl (C=O) groups is 1. The highest BCUT2D eigenvalue weighted by Crippen LogP contribution is 2.23. The lowest BCUT2D eigenvalue weighted by atomic mass is 10.1. The number of carbonyl (C=O) groups excluding carboxylic acids is 1. The molecule has 0 saturated carbocycles. The summed E-state index contributed by atoms with van der Waals surface area (Å²) < 4.78 is 1.04. The van der Waals surface area contributed by atoms with Crippen LogP contribution in [0.2, 0.25) is 0 Å².